The van der Waals surface area contributed by atoms with Gasteiger partial charge >= 0.3 is 5.97 Å². The first-order valence-corrected chi connectivity index (χ1v) is 10.3. The molecule has 1 aromatic heterocycles. The summed E-state index contributed by atoms with van der Waals surface area (Å²) in [5.74, 6) is -2.78. The van der Waals surface area contributed by atoms with Crippen molar-refractivity contribution in [2.24, 2.45) is 5.92 Å². The number of likely N-dealkylation sites (tertiary alicyclic amines) is 1. The molecule has 1 saturated heterocycles. The molecule has 31 heavy (non-hydrogen) atoms. The zero-order valence-corrected chi connectivity index (χ0v) is 17.3. The summed E-state index contributed by atoms with van der Waals surface area (Å²) >= 11 is 0. The predicted molar refractivity (Wildman–Crippen MR) is 111 cm³/mol. The molecule has 2 amide bonds. The largest absolute Gasteiger partial charge is 0.480 e. The highest BCUT2D eigenvalue weighted by Gasteiger charge is 2.37. The van der Waals surface area contributed by atoms with Gasteiger partial charge in [-0.3, -0.25) is 14.4 Å². The van der Waals surface area contributed by atoms with E-state index >= 15 is 0 Å². The van der Waals surface area contributed by atoms with Crippen LogP contribution in [-0.2, 0) is 20.8 Å². The number of ketones is 1. The van der Waals surface area contributed by atoms with E-state index < -0.39 is 29.9 Å². The van der Waals surface area contributed by atoms with Gasteiger partial charge in [-0.2, -0.15) is 0 Å². The number of furan rings is 1. The molecular formula is C23H26N2O6. The molecule has 1 aromatic carbocycles. The summed E-state index contributed by atoms with van der Waals surface area (Å²) in [4.78, 5) is 51.0. The van der Waals surface area contributed by atoms with Gasteiger partial charge in [0.15, 0.2) is 11.5 Å². The highest BCUT2D eigenvalue weighted by molar-refractivity contribution is 5.97. The van der Waals surface area contributed by atoms with Gasteiger partial charge in [-0.15, -0.1) is 0 Å². The van der Waals surface area contributed by atoms with Gasteiger partial charge in [0.05, 0.1) is 12.3 Å². The first-order valence-electron chi connectivity index (χ1n) is 10.3. The average Bonchev–Trinajstić information content (AvgIpc) is 3.45. The third-order valence-electron chi connectivity index (χ3n) is 5.47. The van der Waals surface area contributed by atoms with Crippen LogP contribution in [0.2, 0.25) is 0 Å². The van der Waals surface area contributed by atoms with Crippen LogP contribution in [0.15, 0.2) is 53.1 Å². The smallest absolute Gasteiger partial charge is 0.326 e. The zero-order valence-electron chi connectivity index (χ0n) is 17.3. The van der Waals surface area contributed by atoms with E-state index in [1.807, 2.05) is 30.3 Å². The van der Waals surface area contributed by atoms with Crippen molar-refractivity contribution in [3.63, 3.8) is 0 Å². The molecule has 2 aromatic rings. The van der Waals surface area contributed by atoms with Crippen molar-refractivity contribution in [1.82, 2.24) is 10.2 Å². The SMILES string of the molecule is C[C@@H](CC(=O)[C@@H](Cc1ccccc1)NC(=O)c1ccco1)C(=O)N1CCC[C@H]1C(=O)O. The number of benzene rings is 1. The van der Waals surface area contributed by atoms with Gasteiger partial charge in [0.25, 0.3) is 5.91 Å². The Morgan fingerprint density at radius 2 is 1.90 bits per heavy atom. The number of nitrogens with one attached hydrogen (secondary N) is 1. The number of carbonyl (C=O) groups excluding carboxylic acids is 3. The van der Waals surface area contributed by atoms with Gasteiger partial charge in [0, 0.05) is 18.9 Å². The van der Waals surface area contributed by atoms with E-state index in [1.54, 1.807) is 13.0 Å². The third-order valence-corrected chi connectivity index (χ3v) is 5.47. The third kappa shape index (κ3) is 5.59. The van der Waals surface area contributed by atoms with E-state index in [2.05, 4.69) is 5.32 Å². The van der Waals surface area contributed by atoms with Crippen molar-refractivity contribution in [3.8, 4) is 0 Å². The van der Waals surface area contributed by atoms with E-state index in [1.165, 1.54) is 17.2 Å². The molecule has 1 fully saturated rings. The molecule has 0 radical (unpaired) electrons. The van der Waals surface area contributed by atoms with Gasteiger partial charge in [0.2, 0.25) is 5.91 Å². The van der Waals surface area contributed by atoms with Crippen molar-refractivity contribution in [1.29, 1.82) is 0 Å². The van der Waals surface area contributed by atoms with E-state index in [9.17, 15) is 24.3 Å². The summed E-state index contributed by atoms with van der Waals surface area (Å²) in [5.41, 5.74) is 0.866. The van der Waals surface area contributed by atoms with Gasteiger partial charge < -0.3 is 19.7 Å². The lowest BCUT2D eigenvalue weighted by atomic mass is 9.94. The van der Waals surface area contributed by atoms with Crippen molar-refractivity contribution in [2.45, 2.75) is 44.7 Å². The van der Waals surface area contributed by atoms with Crippen LogP contribution in [0.3, 0.4) is 0 Å². The minimum Gasteiger partial charge on any atom is -0.480 e. The Kier molecular flexibility index (Phi) is 7.23. The van der Waals surface area contributed by atoms with Crippen LogP contribution in [0.4, 0.5) is 0 Å². The van der Waals surface area contributed by atoms with Gasteiger partial charge in [-0.1, -0.05) is 37.3 Å². The average molecular weight is 426 g/mol. The number of Topliss-reactive ketones (excluding diaryl/α,β-unsaturated/α-hetero) is 1. The van der Waals surface area contributed by atoms with Crippen LogP contribution in [0.1, 0.15) is 42.3 Å². The first kappa shape index (κ1) is 22.3. The number of hydrogen-bond donors (Lipinski definition) is 2. The number of carboxylic acids is 1. The fourth-order valence-corrected chi connectivity index (χ4v) is 3.83. The van der Waals surface area contributed by atoms with Crippen molar-refractivity contribution in [3.05, 3.63) is 60.1 Å². The minimum absolute atomic E-state index is 0.0938. The molecule has 0 spiro atoms. The van der Waals surface area contributed by atoms with Crippen LogP contribution in [0.25, 0.3) is 0 Å². The molecule has 0 aliphatic carbocycles. The second-order valence-corrected chi connectivity index (χ2v) is 7.79. The molecule has 3 rings (SSSR count). The number of nitrogens with zero attached hydrogens (tertiary/aromatic N) is 1. The number of carboxylic acid groups (broad SMARTS) is 1. The molecule has 2 N–H and O–H groups in total. The number of amides is 2. The Balaban J connectivity index is 1.70. The number of carbonyl (C=O) groups is 4. The highest BCUT2D eigenvalue weighted by atomic mass is 16.4. The molecule has 1 aliphatic heterocycles. The normalized spacial score (nSPS) is 17.7. The second-order valence-electron chi connectivity index (χ2n) is 7.79. The zero-order chi connectivity index (χ0) is 22.4. The van der Waals surface area contributed by atoms with E-state index in [0.29, 0.717) is 19.4 Å². The lowest BCUT2D eigenvalue weighted by Gasteiger charge is -2.25. The molecule has 164 valence electrons. The van der Waals surface area contributed by atoms with Crippen molar-refractivity contribution < 1.29 is 28.7 Å². The van der Waals surface area contributed by atoms with Gasteiger partial charge in [0.1, 0.15) is 6.04 Å². The van der Waals surface area contributed by atoms with Crippen LogP contribution >= 0.6 is 0 Å². The molecule has 1 aliphatic rings. The van der Waals surface area contributed by atoms with Crippen molar-refractivity contribution >= 4 is 23.6 Å². The van der Waals surface area contributed by atoms with Crippen molar-refractivity contribution in [2.75, 3.05) is 6.54 Å². The molecule has 0 saturated carbocycles. The molecule has 8 nitrogen and oxygen atoms in total. The van der Waals surface area contributed by atoms with Crippen LogP contribution in [0.5, 0.6) is 0 Å². The van der Waals surface area contributed by atoms with Gasteiger partial charge in [-0.05, 0) is 37.0 Å². The summed E-state index contributed by atoms with van der Waals surface area (Å²) in [7, 11) is 0. The maximum Gasteiger partial charge on any atom is 0.326 e. The van der Waals surface area contributed by atoms with E-state index in [4.69, 9.17) is 4.42 Å². The fraction of sp³-hybridized carbons (Fsp3) is 0.391. The monoisotopic (exact) mass is 426 g/mol. The summed E-state index contributed by atoms with van der Waals surface area (Å²) in [6.45, 7) is 1.99. The molecule has 0 unspecified atom stereocenters. The lowest BCUT2D eigenvalue weighted by molar-refractivity contribution is -0.150. The van der Waals surface area contributed by atoms with E-state index in [0.717, 1.165) is 5.56 Å². The fourth-order valence-electron chi connectivity index (χ4n) is 3.83. The Labute approximate surface area is 180 Å². The molecule has 0 bridgehead atoms. The number of aliphatic carboxylic acids is 1. The first-order chi connectivity index (χ1) is 14.9. The lowest BCUT2D eigenvalue weighted by Crippen LogP contribution is -2.46. The summed E-state index contributed by atoms with van der Waals surface area (Å²) in [6, 6.07) is 10.7. The van der Waals surface area contributed by atoms with Crippen LogP contribution in [0, 0.1) is 5.92 Å². The summed E-state index contributed by atoms with van der Waals surface area (Å²) < 4.78 is 5.11. The Bertz CT molecular complexity index is 925. The molecule has 2 heterocycles. The summed E-state index contributed by atoms with van der Waals surface area (Å²) in [6.07, 6.45) is 2.58. The quantitative estimate of drug-likeness (QED) is 0.635. The maximum absolute atomic E-state index is 13.1. The molecule has 3 atom stereocenters. The van der Waals surface area contributed by atoms with E-state index in [-0.39, 0.29) is 30.3 Å². The van der Waals surface area contributed by atoms with Gasteiger partial charge in [-0.25, -0.2) is 4.79 Å². The Morgan fingerprint density at radius 3 is 2.55 bits per heavy atom. The standard InChI is InChI=1S/C23H26N2O6/c1-15(22(28)25-11-5-9-18(25)23(29)30)13-19(26)17(14-16-7-3-2-4-8-16)24-21(27)20-10-6-12-31-20/h2-4,6-8,10,12,15,17-18H,5,9,11,13-14H2,1H3,(H,24,27)(H,29,30)/t15-,17+,18-/m0/s1. The number of hydrogen-bond acceptors (Lipinski definition) is 5. The van der Waals surface area contributed by atoms with Crippen LogP contribution < -0.4 is 5.32 Å². The Hall–Kier alpha value is -3.42. The summed E-state index contributed by atoms with van der Waals surface area (Å²) in [5, 5.41) is 12.0. The number of rotatable bonds is 9. The molecule has 8 heteroatoms. The Morgan fingerprint density at radius 1 is 1.16 bits per heavy atom. The second kappa shape index (κ2) is 10.1. The predicted octanol–water partition coefficient (Wildman–Crippen LogP) is 2.29. The highest BCUT2D eigenvalue weighted by Crippen LogP contribution is 2.22. The van der Waals surface area contributed by atoms with Crippen LogP contribution in [-0.4, -0.2) is 52.2 Å². The minimum atomic E-state index is -1.03. The topological polar surface area (TPSA) is 117 Å². The molecular weight excluding hydrogens is 400 g/mol. The maximum atomic E-state index is 13.1.